The number of carboxylic acids is 1. The van der Waals surface area contributed by atoms with Gasteiger partial charge in [-0.05, 0) is 29.7 Å². The molecular weight excluding hydrogens is 330 g/mol. The number of aliphatic carboxylic acids is 1. The van der Waals surface area contributed by atoms with E-state index in [2.05, 4.69) is 30.4 Å². The molecule has 2 N–H and O–H groups in total. The fourth-order valence-corrected chi connectivity index (χ4v) is 2.88. The van der Waals surface area contributed by atoms with Crippen LogP contribution in [-0.4, -0.2) is 30.1 Å². The van der Waals surface area contributed by atoms with Crippen LogP contribution in [0.5, 0.6) is 5.75 Å². The van der Waals surface area contributed by atoms with Crippen molar-refractivity contribution in [1.82, 2.24) is 5.32 Å². The molecule has 5 heteroatoms. The van der Waals surface area contributed by atoms with Crippen molar-refractivity contribution in [3.63, 3.8) is 0 Å². The number of benzene rings is 2. The normalized spacial score (nSPS) is 10.7. The molecule has 0 saturated heterocycles. The number of amides is 1. The van der Waals surface area contributed by atoms with Crippen molar-refractivity contribution in [2.24, 2.45) is 0 Å². The van der Waals surface area contributed by atoms with E-state index in [-0.39, 0.29) is 18.7 Å². The molecule has 0 bridgehead atoms. The smallest absolute Gasteiger partial charge is 0.303 e. The zero-order valence-electron chi connectivity index (χ0n) is 15.3. The first kappa shape index (κ1) is 19.8. The van der Waals surface area contributed by atoms with E-state index < -0.39 is 5.97 Å². The van der Waals surface area contributed by atoms with Gasteiger partial charge in [-0.25, -0.2) is 0 Å². The molecule has 0 radical (unpaired) electrons. The summed E-state index contributed by atoms with van der Waals surface area (Å²) in [4.78, 5) is 22.3. The van der Waals surface area contributed by atoms with Gasteiger partial charge in [0.15, 0.2) is 0 Å². The Morgan fingerprint density at radius 3 is 2.65 bits per heavy atom. The Hall–Kier alpha value is -2.56. The number of hydrogen-bond donors (Lipinski definition) is 2. The number of fused-ring (bicyclic) bond motifs is 1. The molecule has 1 amide bonds. The third-order valence-corrected chi connectivity index (χ3v) is 4.27. The Morgan fingerprint density at radius 2 is 1.88 bits per heavy atom. The zero-order valence-corrected chi connectivity index (χ0v) is 15.3. The highest BCUT2D eigenvalue weighted by atomic mass is 16.5. The maximum Gasteiger partial charge on any atom is 0.303 e. The topological polar surface area (TPSA) is 75.6 Å². The standard InChI is InChI=1S/C21H27NO4/c1-2-3-6-15-26-19-10-9-16-7-4-5-8-17(16)18(19)13-14-22-20(23)11-12-21(24)25/h4-5,7-10H,2-3,6,11-15H2,1H3,(H,22,23)(H,24,25). The molecule has 0 fully saturated rings. The van der Waals surface area contributed by atoms with Gasteiger partial charge in [-0.2, -0.15) is 0 Å². The molecule has 0 heterocycles. The number of carbonyl (C=O) groups excluding carboxylic acids is 1. The molecule has 0 aliphatic rings. The summed E-state index contributed by atoms with van der Waals surface area (Å²) in [5, 5.41) is 13.7. The summed E-state index contributed by atoms with van der Waals surface area (Å²) in [6.07, 6.45) is 3.81. The Kier molecular flexibility index (Phi) is 7.93. The molecule has 0 saturated carbocycles. The minimum atomic E-state index is -0.961. The summed E-state index contributed by atoms with van der Waals surface area (Å²) in [7, 11) is 0. The monoisotopic (exact) mass is 357 g/mol. The summed E-state index contributed by atoms with van der Waals surface area (Å²) in [6, 6.07) is 12.2. The Bertz CT molecular complexity index is 742. The third kappa shape index (κ3) is 6.06. The van der Waals surface area contributed by atoms with E-state index in [9.17, 15) is 9.59 Å². The average Bonchev–Trinajstić information content (AvgIpc) is 2.64. The van der Waals surface area contributed by atoms with Gasteiger partial charge >= 0.3 is 5.97 Å². The quantitative estimate of drug-likeness (QED) is 0.598. The third-order valence-electron chi connectivity index (χ3n) is 4.27. The van der Waals surface area contributed by atoms with E-state index in [4.69, 9.17) is 9.84 Å². The molecule has 0 aliphatic heterocycles. The maximum atomic E-state index is 11.7. The summed E-state index contributed by atoms with van der Waals surface area (Å²) in [5.74, 6) is -0.338. The van der Waals surface area contributed by atoms with Crippen LogP contribution in [0.1, 0.15) is 44.6 Å². The molecule has 0 atom stereocenters. The van der Waals surface area contributed by atoms with Crippen LogP contribution in [-0.2, 0) is 16.0 Å². The highest BCUT2D eigenvalue weighted by molar-refractivity contribution is 5.88. The van der Waals surface area contributed by atoms with E-state index in [0.717, 1.165) is 41.3 Å². The second-order valence-electron chi connectivity index (χ2n) is 6.31. The van der Waals surface area contributed by atoms with Gasteiger partial charge in [0.25, 0.3) is 0 Å². The lowest BCUT2D eigenvalue weighted by molar-refractivity contribution is -0.138. The van der Waals surface area contributed by atoms with Gasteiger partial charge < -0.3 is 15.2 Å². The fourth-order valence-electron chi connectivity index (χ4n) is 2.88. The number of rotatable bonds is 11. The minimum absolute atomic E-state index is 0.00520. The number of carbonyl (C=O) groups is 2. The number of carboxylic acid groups (broad SMARTS) is 1. The Balaban J connectivity index is 2.04. The number of nitrogens with one attached hydrogen (secondary N) is 1. The van der Waals surface area contributed by atoms with Crippen molar-refractivity contribution in [1.29, 1.82) is 0 Å². The Labute approximate surface area is 154 Å². The highest BCUT2D eigenvalue weighted by Crippen LogP contribution is 2.28. The van der Waals surface area contributed by atoms with Gasteiger partial charge in [0, 0.05) is 18.5 Å². The molecule has 5 nitrogen and oxygen atoms in total. The van der Waals surface area contributed by atoms with Crippen molar-refractivity contribution >= 4 is 22.6 Å². The highest BCUT2D eigenvalue weighted by Gasteiger charge is 2.10. The molecule has 0 spiro atoms. The van der Waals surface area contributed by atoms with E-state index in [1.54, 1.807) is 0 Å². The van der Waals surface area contributed by atoms with Crippen molar-refractivity contribution in [2.45, 2.75) is 45.4 Å². The van der Waals surface area contributed by atoms with Crippen molar-refractivity contribution in [3.05, 3.63) is 42.0 Å². The first-order valence-corrected chi connectivity index (χ1v) is 9.23. The molecule has 26 heavy (non-hydrogen) atoms. The summed E-state index contributed by atoms with van der Waals surface area (Å²) < 4.78 is 5.99. The lowest BCUT2D eigenvalue weighted by atomic mass is 10.0. The molecule has 2 aromatic carbocycles. The second kappa shape index (κ2) is 10.4. The maximum absolute atomic E-state index is 11.7. The zero-order chi connectivity index (χ0) is 18.8. The predicted octanol–water partition coefficient (Wildman–Crippen LogP) is 3.93. The van der Waals surface area contributed by atoms with Crippen LogP contribution in [0.15, 0.2) is 36.4 Å². The largest absolute Gasteiger partial charge is 0.493 e. The fraction of sp³-hybridized carbons (Fsp3) is 0.429. The van der Waals surface area contributed by atoms with E-state index >= 15 is 0 Å². The summed E-state index contributed by atoms with van der Waals surface area (Å²) >= 11 is 0. The number of hydrogen-bond acceptors (Lipinski definition) is 3. The van der Waals surface area contributed by atoms with Gasteiger partial charge in [-0.15, -0.1) is 0 Å². The van der Waals surface area contributed by atoms with Crippen LogP contribution in [0.2, 0.25) is 0 Å². The first-order chi connectivity index (χ1) is 12.6. The number of unbranched alkanes of at least 4 members (excludes halogenated alkanes) is 2. The summed E-state index contributed by atoms with van der Waals surface area (Å²) in [6.45, 7) is 3.30. The molecule has 2 rings (SSSR count). The molecule has 2 aromatic rings. The average molecular weight is 357 g/mol. The van der Waals surface area contributed by atoms with Crippen LogP contribution in [0, 0.1) is 0 Å². The van der Waals surface area contributed by atoms with Crippen LogP contribution >= 0.6 is 0 Å². The second-order valence-corrected chi connectivity index (χ2v) is 6.31. The Morgan fingerprint density at radius 1 is 1.08 bits per heavy atom. The van der Waals surface area contributed by atoms with Gasteiger partial charge in [-0.3, -0.25) is 9.59 Å². The van der Waals surface area contributed by atoms with E-state index in [0.29, 0.717) is 19.6 Å². The van der Waals surface area contributed by atoms with Crippen molar-refractivity contribution < 1.29 is 19.4 Å². The van der Waals surface area contributed by atoms with Crippen LogP contribution in [0.4, 0.5) is 0 Å². The van der Waals surface area contributed by atoms with Crippen LogP contribution in [0.3, 0.4) is 0 Å². The first-order valence-electron chi connectivity index (χ1n) is 9.23. The lowest BCUT2D eigenvalue weighted by Gasteiger charge is -2.15. The van der Waals surface area contributed by atoms with Gasteiger partial charge in [0.05, 0.1) is 13.0 Å². The minimum Gasteiger partial charge on any atom is -0.493 e. The SMILES string of the molecule is CCCCCOc1ccc2ccccc2c1CCNC(=O)CCC(=O)O. The van der Waals surface area contributed by atoms with Crippen molar-refractivity contribution in [3.8, 4) is 5.75 Å². The van der Waals surface area contributed by atoms with Crippen molar-refractivity contribution in [2.75, 3.05) is 13.2 Å². The van der Waals surface area contributed by atoms with Gasteiger partial charge in [0.2, 0.25) is 5.91 Å². The predicted molar refractivity (Wildman–Crippen MR) is 103 cm³/mol. The number of ether oxygens (including phenoxy) is 1. The lowest BCUT2D eigenvalue weighted by Crippen LogP contribution is -2.26. The molecular formula is C21H27NO4. The molecule has 0 unspecified atom stereocenters. The van der Waals surface area contributed by atoms with E-state index in [1.165, 1.54) is 0 Å². The molecule has 140 valence electrons. The van der Waals surface area contributed by atoms with Gasteiger partial charge in [0.1, 0.15) is 5.75 Å². The van der Waals surface area contributed by atoms with Crippen LogP contribution < -0.4 is 10.1 Å². The molecule has 0 aliphatic carbocycles. The van der Waals surface area contributed by atoms with Crippen LogP contribution in [0.25, 0.3) is 10.8 Å². The summed E-state index contributed by atoms with van der Waals surface area (Å²) in [5.41, 5.74) is 1.08. The van der Waals surface area contributed by atoms with Gasteiger partial charge in [-0.1, -0.05) is 50.1 Å². The molecule has 0 aromatic heterocycles. The van der Waals surface area contributed by atoms with E-state index in [1.807, 2.05) is 18.2 Å².